The first-order chi connectivity index (χ1) is 12.0. The second-order valence-corrected chi connectivity index (χ2v) is 6.21. The van der Waals surface area contributed by atoms with Crippen molar-refractivity contribution in [2.75, 3.05) is 13.6 Å². The third-order valence-electron chi connectivity index (χ3n) is 4.10. The van der Waals surface area contributed by atoms with Crippen molar-refractivity contribution < 1.29 is 4.84 Å². The van der Waals surface area contributed by atoms with E-state index in [2.05, 4.69) is 43.1 Å². The van der Waals surface area contributed by atoms with E-state index in [0.717, 1.165) is 40.2 Å². The maximum Gasteiger partial charge on any atom is 0.142 e. The molecule has 0 aromatic heterocycles. The molecule has 0 bridgehead atoms. The fraction of sp³-hybridized carbons (Fsp3) is 0.333. The summed E-state index contributed by atoms with van der Waals surface area (Å²) in [6.45, 7) is 9.63. The van der Waals surface area contributed by atoms with Crippen molar-refractivity contribution in [1.29, 1.82) is 0 Å². The lowest BCUT2D eigenvalue weighted by molar-refractivity contribution is 0.130. The summed E-state index contributed by atoms with van der Waals surface area (Å²) in [5.74, 6) is 0. The number of hydrogen-bond donors (Lipinski definition) is 0. The quantitative estimate of drug-likeness (QED) is 0.411. The zero-order valence-electron chi connectivity index (χ0n) is 15.8. The molecule has 0 heterocycles. The van der Waals surface area contributed by atoms with E-state index in [1.165, 1.54) is 0 Å². The minimum absolute atomic E-state index is 0.474. The number of aliphatic imine (C=N–C) groups is 1. The molecule has 0 aliphatic carbocycles. The summed E-state index contributed by atoms with van der Waals surface area (Å²) in [6, 6.07) is 14.3. The molecular formula is C21H27N3O. The molecule has 2 aromatic rings. The molecule has 25 heavy (non-hydrogen) atoms. The lowest BCUT2D eigenvalue weighted by Crippen LogP contribution is -2.14. The van der Waals surface area contributed by atoms with Crippen LogP contribution in [-0.4, -0.2) is 30.5 Å². The first kappa shape index (κ1) is 18.7. The fourth-order valence-electron chi connectivity index (χ4n) is 2.40. The van der Waals surface area contributed by atoms with Crippen molar-refractivity contribution in [1.82, 2.24) is 4.90 Å². The molecule has 2 rings (SSSR count). The maximum absolute atomic E-state index is 5.51. The lowest BCUT2D eigenvalue weighted by atomic mass is 10.0. The van der Waals surface area contributed by atoms with E-state index in [9.17, 15) is 0 Å². The van der Waals surface area contributed by atoms with E-state index in [-0.39, 0.29) is 0 Å². The fourth-order valence-corrected chi connectivity index (χ4v) is 2.40. The van der Waals surface area contributed by atoms with Crippen LogP contribution in [0.4, 0.5) is 5.69 Å². The number of aryl methyl sites for hydroxylation is 2. The topological polar surface area (TPSA) is 37.2 Å². The number of nitrogens with zero attached hydrogens (tertiary/aromatic N) is 3. The average molecular weight is 337 g/mol. The van der Waals surface area contributed by atoms with E-state index in [1.54, 1.807) is 0 Å². The second-order valence-electron chi connectivity index (χ2n) is 6.21. The lowest BCUT2D eigenvalue weighted by Gasteiger charge is -2.12. The van der Waals surface area contributed by atoms with Crippen LogP contribution < -0.4 is 0 Å². The standard InChI is InChI=1S/C21H27N3O/c1-6-24(5)15-22-21-13-16(2)20(12-17(21)3)18(4)23-25-14-19-10-8-7-9-11-19/h7-13,15H,6,14H2,1-5H3. The van der Waals surface area contributed by atoms with E-state index in [4.69, 9.17) is 4.84 Å². The molecule has 0 fully saturated rings. The Hall–Kier alpha value is -2.62. The Morgan fingerprint density at radius 3 is 2.52 bits per heavy atom. The van der Waals surface area contributed by atoms with Gasteiger partial charge >= 0.3 is 0 Å². The van der Waals surface area contributed by atoms with Crippen molar-refractivity contribution in [3.63, 3.8) is 0 Å². The number of rotatable bonds is 7. The highest BCUT2D eigenvalue weighted by Crippen LogP contribution is 2.24. The van der Waals surface area contributed by atoms with Gasteiger partial charge in [0.2, 0.25) is 0 Å². The smallest absolute Gasteiger partial charge is 0.142 e. The van der Waals surface area contributed by atoms with Crippen LogP contribution in [0.1, 0.15) is 36.1 Å². The summed E-state index contributed by atoms with van der Waals surface area (Å²) < 4.78 is 0. The zero-order chi connectivity index (χ0) is 18.2. The van der Waals surface area contributed by atoms with Gasteiger partial charge in [-0.15, -0.1) is 0 Å². The van der Waals surface area contributed by atoms with Crippen LogP contribution in [0.3, 0.4) is 0 Å². The van der Waals surface area contributed by atoms with Gasteiger partial charge in [-0.3, -0.25) is 0 Å². The minimum Gasteiger partial charge on any atom is -0.391 e. The first-order valence-electron chi connectivity index (χ1n) is 8.57. The van der Waals surface area contributed by atoms with Crippen LogP contribution in [0, 0.1) is 13.8 Å². The van der Waals surface area contributed by atoms with Crippen molar-refractivity contribution in [2.45, 2.75) is 34.3 Å². The van der Waals surface area contributed by atoms with E-state index in [0.29, 0.717) is 6.61 Å². The van der Waals surface area contributed by atoms with Gasteiger partial charge in [-0.05, 0) is 56.5 Å². The molecule has 0 saturated heterocycles. The Bertz CT molecular complexity index is 751. The summed E-state index contributed by atoms with van der Waals surface area (Å²) in [5.41, 5.74) is 6.32. The van der Waals surface area contributed by atoms with Crippen LogP contribution in [0.2, 0.25) is 0 Å². The van der Waals surface area contributed by atoms with Crippen LogP contribution >= 0.6 is 0 Å². The van der Waals surface area contributed by atoms with Gasteiger partial charge in [-0.25, -0.2) is 4.99 Å². The summed E-state index contributed by atoms with van der Waals surface area (Å²) >= 11 is 0. The molecule has 4 heteroatoms. The normalized spacial score (nSPS) is 11.8. The third kappa shape index (κ3) is 5.45. The highest BCUT2D eigenvalue weighted by atomic mass is 16.6. The molecule has 0 atom stereocenters. The van der Waals surface area contributed by atoms with Gasteiger partial charge in [0.15, 0.2) is 0 Å². The summed E-state index contributed by atoms with van der Waals surface area (Å²) in [7, 11) is 2.01. The van der Waals surface area contributed by atoms with Gasteiger partial charge < -0.3 is 9.74 Å². The summed E-state index contributed by atoms with van der Waals surface area (Å²) in [6.07, 6.45) is 1.87. The van der Waals surface area contributed by atoms with Gasteiger partial charge in [0, 0.05) is 19.2 Å². The van der Waals surface area contributed by atoms with E-state index >= 15 is 0 Å². The Balaban J connectivity index is 2.11. The van der Waals surface area contributed by atoms with Crippen molar-refractivity contribution in [2.24, 2.45) is 10.1 Å². The Morgan fingerprint density at radius 2 is 1.84 bits per heavy atom. The Morgan fingerprint density at radius 1 is 1.12 bits per heavy atom. The highest BCUT2D eigenvalue weighted by Gasteiger charge is 2.07. The molecule has 0 unspecified atom stereocenters. The largest absolute Gasteiger partial charge is 0.391 e. The molecule has 0 aliphatic rings. The third-order valence-corrected chi connectivity index (χ3v) is 4.10. The molecule has 0 spiro atoms. The monoisotopic (exact) mass is 337 g/mol. The molecule has 2 aromatic carbocycles. The molecule has 0 amide bonds. The second kappa shape index (κ2) is 9.02. The molecular weight excluding hydrogens is 310 g/mol. The van der Waals surface area contributed by atoms with Gasteiger partial charge in [-0.1, -0.05) is 35.5 Å². The van der Waals surface area contributed by atoms with E-state index in [1.807, 2.05) is 55.5 Å². The van der Waals surface area contributed by atoms with Crippen LogP contribution in [0.5, 0.6) is 0 Å². The Labute approximate surface area is 150 Å². The number of hydrogen-bond acceptors (Lipinski definition) is 3. The van der Waals surface area contributed by atoms with Crippen LogP contribution in [-0.2, 0) is 11.4 Å². The highest BCUT2D eigenvalue weighted by molar-refractivity contribution is 6.00. The summed E-state index contributed by atoms with van der Waals surface area (Å²) in [4.78, 5) is 12.1. The minimum atomic E-state index is 0.474. The molecule has 0 N–H and O–H groups in total. The van der Waals surface area contributed by atoms with Crippen molar-refractivity contribution in [3.05, 3.63) is 64.7 Å². The van der Waals surface area contributed by atoms with Crippen molar-refractivity contribution in [3.8, 4) is 0 Å². The molecule has 0 radical (unpaired) electrons. The predicted molar refractivity (Wildman–Crippen MR) is 106 cm³/mol. The van der Waals surface area contributed by atoms with Crippen LogP contribution in [0.15, 0.2) is 52.6 Å². The zero-order valence-corrected chi connectivity index (χ0v) is 15.8. The first-order valence-corrected chi connectivity index (χ1v) is 8.57. The Kier molecular flexibility index (Phi) is 6.75. The van der Waals surface area contributed by atoms with Gasteiger partial charge in [0.1, 0.15) is 6.61 Å². The number of benzene rings is 2. The average Bonchev–Trinajstić information content (AvgIpc) is 2.62. The maximum atomic E-state index is 5.51. The van der Waals surface area contributed by atoms with Crippen molar-refractivity contribution >= 4 is 17.7 Å². The predicted octanol–water partition coefficient (Wildman–Crippen LogP) is 4.86. The summed E-state index contributed by atoms with van der Waals surface area (Å²) in [5, 5.41) is 4.28. The van der Waals surface area contributed by atoms with Crippen LogP contribution in [0.25, 0.3) is 0 Å². The molecule has 4 nitrogen and oxygen atoms in total. The SMILES string of the molecule is CCN(C)C=Nc1cc(C)c(C(C)=NOCc2ccccc2)cc1C. The van der Waals surface area contributed by atoms with Gasteiger partial charge in [-0.2, -0.15) is 0 Å². The molecule has 132 valence electrons. The van der Waals surface area contributed by atoms with Gasteiger partial charge in [0.25, 0.3) is 0 Å². The molecule has 0 aliphatic heterocycles. The number of oxime groups is 1. The van der Waals surface area contributed by atoms with Gasteiger partial charge in [0.05, 0.1) is 17.7 Å². The molecule has 0 saturated carbocycles. The van der Waals surface area contributed by atoms with E-state index < -0.39 is 0 Å².